The highest BCUT2D eigenvalue weighted by Gasteiger charge is 1.94. The average Bonchev–Trinajstić information content (AvgIpc) is 2.37. The van der Waals surface area contributed by atoms with E-state index >= 15 is 0 Å². The largest absolute Gasteiger partial charge is 0.385 e. The number of nitrogens with zero attached hydrogens (tertiary/aromatic N) is 3. The molecule has 0 spiro atoms. The zero-order valence-electron chi connectivity index (χ0n) is 6.33. The van der Waals surface area contributed by atoms with Crippen molar-refractivity contribution in [1.29, 1.82) is 0 Å². The Morgan fingerprint density at radius 3 is 3.09 bits per heavy atom. The number of ether oxygens (including phenoxy) is 1. The van der Waals surface area contributed by atoms with Gasteiger partial charge in [0.25, 0.3) is 0 Å². The zero-order valence-corrected chi connectivity index (χ0v) is 7.08. The van der Waals surface area contributed by atoms with Crippen molar-refractivity contribution in [2.75, 3.05) is 13.7 Å². The van der Waals surface area contributed by atoms with Crippen LogP contribution in [0.25, 0.3) is 0 Å². The second-order valence-corrected chi connectivity index (χ2v) is 2.46. The fraction of sp³-hybridized carbons (Fsp3) is 0.667. The molecule has 0 amide bonds. The van der Waals surface area contributed by atoms with Gasteiger partial charge in [-0.05, 0) is 18.0 Å². The van der Waals surface area contributed by atoms with E-state index in [0.717, 1.165) is 19.6 Å². The molecule has 1 aromatic heterocycles. The minimum Gasteiger partial charge on any atom is -0.385 e. The van der Waals surface area contributed by atoms with Gasteiger partial charge in [0.2, 0.25) is 5.28 Å². The van der Waals surface area contributed by atoms with Gasteiger partial charge in [0.1, 0.15) is 6.33 Å². The fourth-order valence-electron chi connectivity index (χ4n) is 0.751. The Kier molecular flexibility index (Phi) is 3.32. The first-order chi connectivity index (χ1) is 5.33. The van der Waals surface area contributed by atoms with E-state index in [1.807, 2.05) is 0 Å². The average molecular weight is 176 g/mol. The zero-order chi connectivity index (χ0) is 8.10. The second-order valence-electron chi connectivity index (χ2n) is 2.12. The summed E-state index contributed by atoms with van der Waals surface area (Å²) in [6.45, 7) is 1.53. The maximum absolute atomic E-state index is 5.50. The number of methoxy groups -OCH3 is 1. The van der Waals surface area contributed by atoms with Crippen LogP contribution in [0.5, 0.6) is 0 Å². The lowest BCUT2D eigenvalue weighted by molar-refractivity contribution is 0.189. The van der Waals surface area contributed by atoms with Gasteiger partial charge in [-0.25, -0.2) is 4.98 Å². The van der Waals surface area contributed by atoms with Crippen LogP contribution in [0, 0.1) is 0 Å². The van der Waals surface area contributed by atoms with Crippen LogP contribution < -0.4 is 0 Å². The predicted octanol–water partition coefficient (Wildman–Crippen LogP) is 0.968. The van der Waals surface area contributed by atoms with E-state index in [1.165, 1.54) is 0 Å². The van der Waals surface area contributed by atoms with Crippen molar-refractivity contribution in [2.45, 2.75) is 13.0 Å². The molecule has 0 radical (unpaired) electrons. The van der Waals surface area contributed by atoms with Crippen LogP contribution in [0.4, 0.5) is 0 Å². The summed E-state index contributed by atoms with van der Waals surface area (Å²) in [5.41, 5.74) is 0. The molecule has 0 aliphatic rings. The molecular formula is C6H10ClN3O. The molecule has 0 aliphatic carbocycles. The van der Waals surface area contributed by atoms with Gasteiger partial charge in [-0.3, -0.25) is 4.68 Å². The Hall–Kier alpha value is -0.610. The number of hydrogen-bond acceptors (Lipinski definition) is 3. The van der Waals surface area contributed by atoms with E-state index in [2.05, 4.69) is 10.1 Å². The molecule has 1 rings (SSSR count). The van der Waals surface area contributed by atoms with Crippen LogP contribution in [0.15, 0.2) is 6.33 Å². The lowest BCUT2D eigenvalue weighted by Gasteiger charge is -1.97. The third kappa shape index (κ3) is 2.86. The molecular weight excluding hydrogens is 166 g/mol. The number of aromatic nitrogens is 3. The van der Waals surface area contributed by atoms with E-state index < -0.39 is 0 Å². The van der Waals surface area contributed by atoms with Crippen LogP contribution in [-0.2, 0) is 11.3 Å². The summed E-state index contributed by atoms with van der Waals surface area (Å²) < 4.78 is 6.57. The summed E-state index contributed by atoms with van der Waals surface area (Å²) in [5.74, 6) is 0. The summed E-state index contributed by atoms with van der Waals surface area (Å²) in [6.07, 6.45) is 2.54. The lowest BCUT2D eigenvalue weighted by Crippen LogP contribution is -2.01. The van der Waals surface area contributed by atoms with Gasteiger partial charge in [0.15, 0.2) is 0 Å². The Morgan fingerprint density at radius 1 is 1.73 bits per heavy atom. The Morgan fingerprint density at radius 2 is 2.55 bits per heavy atom. The highest BCUT2D eigenvalue weighted by atomic mass is 35.5. The van der Waals surface area contributed by atoms with E-state index in [4.69, 9.17) is 16.3 Å². The first-order valence-electron chi connectivity index (χ1n) is 3.37. The predicted molar refractivity (Wildman–Crippen MR) is 41.5 cm³/mol. The Bertz CT molecular complexity index is 213. The van der Waals surface area contributed by atoms with Gasteiger partial charge >= 0.3 is 0 Å². The van der Waals surface area contributed by atoms with E-state index in [1.54, 1.807) is 18.1 Å². The maximum Gasteiger partial charge on any atom is 0.242 e. The van der Waals surface area contributed by atoms with Crippen LogP contribution in [-0.4, -0.2) is 28.5 Å². The quantitative estimate of drug-likeness (QED) is 0.641. The van der Waals surface area contributed by atoms with E-state index in [9.17, 15) is 0 Å². The van der Waals surface area contributed by atoms with E-state index in [0.29, 0.717) is 5.28 Å². The molecule has 0 saturated heterocycles. The molecule has 5 heteroatoms. The van der Waals surface area contributed by atoms with Crippen LogP contribution in [0.3, 0.4) is 0 Å². The lowest BCUT2D eigenvalue weighted by atomic mass is 10.5. The molecule has 0 bridgehead atoms. The normalized spacial score (nSPS) is 10.4. The standard InChI is InChI=1S/C6H10ClN3O/c1-11-4-2-3-10-5-8-6(7)9-10/h5H,2-4H2,1H3. The monoisotopic (exact) mass is 175 g/mol. The molecule has 0 aromatic carbocycles. The maximum atomic E-state index is 5.50. The number of aryl methyl sites for hydroxylation is 1. The van der Waals surface area contributed by atoms with Gasteiger partial charge in [0, 0.05) is 20.3 Å². The van der Waals surface area contributed by atoms with Crippen molar-refractivity contribution in [2.24, 2.45) is 0 Å². The van der Waals surface area contributed by atoms with Crippen LogP contribution in [0.2, 0.25) is 5.28 Å². The van der Waals surface area contributed by atoms with Gasteiger partial charge < -0.3 is 4.74 Å². The molecule has 11 heavy (non-hydrogen) atoms. The SMILES string of the molecule is COCCCn1cnc(Cl)n1. The summed E-state index contributed by atoms with van der Waals surface area (Å²) in [4.78, 5) is 3.77. The van der Waals surface area contributed by atoms with Gasteiger partial charge in [-0.15, -0.1) is 5.10 Å². The highest BCUT2D eigenvalue weighted by Crippen LogP contribution is 1.97. The number of halogens is 1. The molecule has 1 heterocycles. The molecule has 0 N–H and O–H groups in total. The minimum atomic E-state index is 0.294. The molecule has 0 fully saturated rings. The number of hydrogen-bond donors (Lipinski definition) is 0. The van der Waals surface area contributed by atoms with Crippen molar-refractivity contribution < 1.29 is 4.74 Å². The highest BCUT2D eigenvalue weighted by molar-refractivity contribution is 6.28. The molecule has 0 atom stereocenters. The summed E-state index contributed by atoms with van der Waals surface area (Å²) in [6, 6.07) is 0. The van der Waals surface area contributed by atoms with Crippen molar-refractivity contribution in [3.8, 4) is 0 Å². The summed E-state index contributed by atoms with van der Waals surface area (Å²) in [7, 11) is 1.67. The number of rotatable bonds is 4. The Balaban J connectivity index is 2.27. The molecule has 4 nitrogen and oxygen atoms in total. The first-order valence-corrected chi connectivity index (χ1v) is 3.74. The molecule has 0 unspecified atom stereocenters. The fourth-order valence-corrected chi connectivity index (χ4v) is 0.891. The summed E-state index contributed by atoms with van der Waals surface area (Å²) >= 11 is 5.50. The van der Waals surface area contributed by atoms with Crippen LogP contribution in [0.1, 0.15) is 6.42 Å². The third-order valence-electron chi connectivity index (χ3n) is 1.24. The van der Waals surface area contributed by atoms with Crippen molar-refractivity contribution in [1.82, 2.24) is 14.8 Å². The first kappa shape index (κ1) is 8.49. The van der Waals surface area contributed by atoms with Gasteiger partial charge in [0.05, 0.1) is 0 Å². The van der Waals surface area contributed by atoms with Crippen LogP contribution >= 0.6 is 11.6 Å². The van der Waals surface area contributed by atoms with E-state index in [-0.39, 0.29) is 0 Å². The Labute approximate surface area is 70.1 Å². The topological polar surface area (TPSA) is 39.9 Å². The van der Waals surface area contributed by atoms with Gasteiger partial charge in [-0.1, -0.05) is 0 Å². The molecule has 1 aromatic rings. The smallest absolute Gasteiger partial charge is 0.242 e. The van der Waals surface area contributed by atoms with Crippen molar-refractivity contribution in [3.63, 3.8) is 0 Å². The summed E-state index contributed by atoms with van der Waals surface area (Å²) in [5, 5.41) is 4.19. The molecule has 0 aliphatic heterocycles. The molecule has 0 saturated carbocycles. The van der Waals surface area contributed by atoms with Gasteiger partial charge in [-0.2, -0.15) is 0 Å². The minimum absolute atomic E-state index is 0.294. The second kappa shape index (κ2) is 4.31. The third-order valence-corrected chi connectivity index (χ3v) is 1.42. The molecule has 62 valence electrons. The van der Waals surface area contributed by atoms with Crippen molar-refractivity contribution >= 4 is 11.6 Å². The van der Waals surface area contributed by atoms with Crippen molar-refractivity contribution in [3.05, 3.63) is 11.6 Å².